The molecule has 0 spiro atoms. The third kappa shape index (κ3) is 4.28. The SMILES string of the molecule is CCC(N)C(C#N)OS(C)(=O)=O. The first-order valence-electron chi connectivity index (χ1n) is 3.44. The van der Waals surface area contributed by atoms with Crippen LogP contribution < -0.4 is 5.73 Å². The van der Waals surface area contributed by atoms with Gasteiger partial charge in [0.15, 0.2) is 6.10 Å². The highest BCUT2D eigenvalue weighted by Crippen LogP contribution is 2.03. The van der Waals surface area contributed by atoms with E-state index >= 15 is 0 Å². The van der Waals surface area contributed by atoms with E-state index in [-0.39, 0.29) is 0 Å². The van der Waals surface area contributed by atoms with Gasteiger partial charge in [0.1, 0.15) is 0 Å². The van der Waals surface area contributed by atoms with Gasteiger partial charge in [0.05, 0.1) is 12.3 Å². The van der Waals surface area contributed by atoms with Gasteiger partial charge in [0.25, 0.3) is 10.1 Å². The summed E-state index contributed by atoms with van der Waals surface area (Å²) in [5, 5.41) is 8.47. The highest BCUT2D eigenvalue weighted by atomic mass is 32.2. The maximum Gasteiger partial charge on any atom is 0.265 e. The van der Waals surface area contributed by atoms with E-state index in [1.54, 1.807) is 13.0 Å². The molecule has 2 N–H and O–H groups in total. The molecule has 0 saturated carbocycles. The van der Waals surface area contributed by atoms with Crippen molar-refractivity contribution in [3.8, 4) is 6.07 Å². The molecule has 0 aromatic carbocycles. The lowest BCUT2D eigenvalue weighted by molar-refractivity contribution is 0.229. The lowest BCUT2D eigenvalue weighted by atomic mass is 10.1. The van der Waals surface area contributed by atoms with Gasteiger partial charge in [-0.05, 0) is 6.42 Å². The van der Waals surface area contributed by atoms with Gasteiger partial charge in [-0.15, -0.1) is 0 Å². The summed E-state index contributed by atoms with van der Waals surface area (Å²) < 4.78 is 25.6. The van der Waals surface area contributed by atoms with E-state index in [0.717, 1.165) is 6.26 Å². The molecule has 0 radical (unpaired) electrons. The summed E-state index contributed by atoms with van der Waals surface area (Å²) >= 11 is 0. The molecule has 0 fully saturated rings. The molecule has 0 bridgehead atoms. The number of hydrogen-bond donors (Lipinski definition) is 1. The zero-order valence-corrected chi connectivity index (χ0v) is 7.84. The van der Waals surface area contributed by atoms with Crippen molar-refractivity contribution >= 4 is 10.1 Å². The fourth-order valence-electron chi connectivity index (χ4n) is 0.591. The van der Waals surface area contributed by atoms with Crippen LogP contribution in [0, 0.1) is 11.3 Å². The molecule has 0 rings (SSSR count). The number of nitrogens with two attached hydrogens (primary N) is 1. The lowest BCUT2D eigenvalue weighted by Gasteiger charge is -2.14. The average molecular weight is 192 g/mol. The van der Waals surface area contributed by atoms with E-state index in [2.05, 4.69) is 4.18 Å². The molecule has 0 heterocycles. The first-order valence-corrected chi connectivity index (χ1v) is 5.25. The molecule has 0 aliphatic heterocycles. The Morgan fingerprint density at radius 2 is 2.17 bits per heavy atom. The fraction of sp³-hybridized carbons (Fsp3) is 0.833. The fourth-order valence-corrected chi connectivity index (χ4v) is 1.15. The van der Waals surface area contributed by atoms with Crippen molar-refractivity contribution in [1.29, 1.82) is 5.26 Å². The van der Waals surface area contributed by atoms with Gasteiger partial charge in [0.2, 0.25) is 0 Å². The summed E-state index contributed by atoms with van der Waals surface area (Å²) in [4.78, 5) is 0. The smallest absolute Gasteiger partial charge is 0.265 e. The number of hydrogen-bond acceptors (Lipinski definition) is 5. The molecule has 0 aromatic heterocycles. The van der Waals surface area contributed by atoms with E-state index < -0.39 is 22.3 Å². The molecular weight excluding hydrogens is 180 g/mol. The van der Waals surface area contributed by atoms with E-state index in [4.69, 9.17) is 11.0 Å². The summed E-state index contributed by atoms with van der Waals surface area (Å²) in [6.45, 7) is 1.75. The highest BCUT2D eigenvalue weighted by molar-refractivity contribution is 7.86. The second-order valence-electron chi connectivity index (χ2n) is 2.42. The third-order valence-corrected chi connectivity index (χ3v) is 1.82. The zero-order chi connectivity index (χ0) is 9.78. The molecular formula is C6H12N2O3S. The Morgan fingerprint density at radius 1 is 1.67 bits per heavy atom. The molecule has 5 nitrogen and oxygen atoms in total. The molecule has 0 aliphatic rings. The normalized spacial score (nSPS) is 16.5. The number of nitrogens with zero attached hydrogens (tertiary/aromatic N) is 1. The summed E-state index contributed by atoms with van der Waals surface area (Å²) in [7, 11) is -3.59. The van der Waals surface area contributed by atoms with Gasteiger partial charge >= 0.3 is 0 Å². The lowest BCUT2D eigenvalue weighted by Crippen LogP contribution is -2.36. The Bertz CT molecular complexity index is 267. The molecule has 2 unspecified atom stereocenters. The van der Waals surface area contributed by atoms with Crippen LogP contribution in [0.3, 0.4) is 0 Å². The van der Waals surface area contributed by atoms with E-state index in [0.29, 0.717) is 6.42 Å². The van der Waals surface area contributed by atoms with Crippen LogP contribution in [0.15, 0.2) is 0 Å². The minimum atomic E-state index is -3.59. The number of nitriles is 1. The van der Waals surface area contributed by atoms with Crippen molar-refractivity contribution in [2.45, 2.75) is 25.5 Å². The summed E-state index contributed by atoms with van der Waals surface area (Å²) in [6, 6.07) is 1.12. The van der Waals surface area contributed by atoms with Crippen molar-refractivity contribution in [3.05, 3.63) is 0 Å². The van der Waals surface area contributed by atoms with Gasteiger partial charge in [-0.3, -0.25) is 0 Å². The van der Waals surface area contributed by atoms with Gasteiger partial charge in [-0.25, -0.2) is 4.18 Å². The Hall–Kier alpha value is -0.640. The summed E-state index contributed by atoms with van der Waals surface area (Å²) in [6.07, 6.45) is 0.304. The Kier molecular flexibility index (Phi) is 4.17. The zero-order valence-electron chi connectivity index (χ0n) is 7.02. The first kappa shape index (κ1) is 11.4. The van der Waals surface area contributed by atoms with Gasteiger partial charge in [0, 0.05) is 6.04 Å². The van der Waals surface area contributed by atoms with Gasteiger partial charge < -0.3 is 5.73 Å². The second kappa shape index (κ2) is 4.40. The molecule has 70 valence electrons. The van der Waals surface area contributed by atoms with Crippen molar-refractivity contribution in [3.63, 3.8) is 0 Å². The summed E-state index contributed by atoms with van der Waals surface area (Å²) in [5.41, 5.74) is 5.42. The molecule has 12 heavy (non-hydrogen) atoms. The molecule has 2 atom stereocenters. The molecule has 0 aliphatic carbocycles. The van der Waals surface area contributed by atoms with Crippen molar-refractivity contribution < 1.29 is 12.6 Å². The standard InChI is InChI=1S/C6H12N2O3S/c1-3-5(8)6(4-7)11-12(2,9)10/h5-6H,3,8H2,1-2H3. The minimum Gasteiger partial charge on any atom is -0.325 e. The van der Waals surface area contributed by atoms with E-state index in [1.165, 1.54) is 0 Å². The van der Waals surface area contributed by atoms with Crippen molar-refractivity contribution in [1.82, 2.24) is 0 Å². The van der Waals surface area contributed by atoms with Crippen LogP contribution in [0.5, 0.6) is 0 Å². The quantitative estimate of drug-likeness (QED) is 0.611. The maximum absolute atomic E-state index is 10.6. The minimum absolute atomic E-state index is 0.494. The van der Waals surface area contributed by atoms with Crippen LogP contribution in [-0.4, -0.2) is 26.8 Å². The maximum atomic E-state index is 10.6. The first-order chi connectivity index (χ1) is 5.40. The predicted octanol–water partition coefficient (Wildman–Crippen LogP) is -0.408. The van der Waals surface area contributed by atoms with E-state index in [1.807, 2.05) is 0 Å². The largest absolute Gasteiger partial charge is 0.325 e. The van der Waals surface area contributed by atoms with Gasteiger partial charge in [-0.1, -0.05) is 6.92 Å². The van der Waals surface area contributed by atoms with E-state index in [9.17, 15) is 8.42 Å². The van der Waals surface area contributed by atoms with Crippen LogP contribution in [0.1, 0.15) is 13.3 Å². The third-order valence-electron chi connectivity index (χ3n) is 1.27. The number of rotatable bonds is 4. The van der Waals surface area contributed by atoms with Crippen LogP contribution in [0.25, 0.3) is 0 Å². The van der Waals surface area contributed by atoms with Crippen LogP contribution >= 0.6 is 0 Å². The predicted molar refractivity (Wildman–Crippen MR) is 43.6 cm³/mol. The molecule has 0 aromatic rings. The highest BCUT2D eigenvalue weighted by Gasteiger charge is 2.20. The van der Waals surface area contributed by atoms with Crippen LogP contribution in [0.4, 0.5) is 0 Å². The molecule has 0 amide bonds. The molecule has 6 heteroatoms. The average Bonchev–Trinajstić information content (AvgIpc) is 1.97. The second-order valence-corrected chi connectivity index (χ2v) is 4.02. The topological polar surface area (TPSA) is 93.2 Å². The Morgan fingerprint density at radius 3 is 2.42 bits per heavy atom. The Labute approximate surface area is 72.2 Å². The van der Waals surface area contributed by atoms with Gasteiger partial charge in [-0.2, -0.15) is 13.7 Å². The van der Waals surface area contributed by atoms with Crippen molar-refractivity contribution in [2.24, 2.45) is 5.73 Å². The molecule has 0 saturated heterocycles. The monoisotopic (exact) mass is 192 g/mol. The van der Waals surface area contributed by atoms with Crippen LogP contribution in [0.2, 0.25) is 0 Å². The Balaban J connectivity index is 4.32. The summed E-state index contributed by atoms with van der Waals surface area (Å²) in [5.74, 6) is 0. The van der Waals surface area contributed by atoms with Crippen LogP contribution in [-0.2, 0) is 14.3 Å². The van der Waals surface area contributed by atoms with Crippen molar-refractivity contribution in [2.75, 3.05) is 6.26 Å².